The number of nitrogens with one attached hydrogen (secondary N) is 1. The van der Waals surface area contributed by atoms with Gasteiger partial charge >= 0.3 is 0 Å². The molecule has 26 heavy (non-hydrogen) atoms. The molecule has 0 spiro atoms. The molecule has 142 valence electrons. The smallest absolute Gasteiger partial charge is 0.271 e. The monoisotopic (exact) mass is 360 g/mol. The van der Waals surface area contributed by atoms with Crippen molar-refractivity contribution in [3.05, 3.63) is 34.4 Å². The fourth-order valence-corrected chi connectivity index (χ4v) is 3.91. The molecule has 1 heterocycles. The van der Waals surface area contributed by atoms with Crippen LogP contribution in [0.4, 0.5) is 11.4 Å². The van der Waals surface area contributed by atoms with Gasteiger partial charge < -0.3 is 10.2 Å². The number of nitro benzene ring substituents is 1. The molecule has 0 bridgehead atoms. The molecule has 0 aromatic heterocycles. The molecule has 7 heteroatoms. The summed E-state index contributed by atoms with van der Waals surface area (Å²) in [4.78, 5) is 27.5. The van der Waals surface area contributed by atoms with Gasteiger partial charge in [-0.25, -0.2) is 0 Å². The van der Waals surface area contributed by atoms with Gasteiger partial charge in [0.15, 0.2) is 0 Å². The van der Waals surface area contributed by atoms with E-state index >= 15 is 0 Å². The van der Waals surface area contributed by atoms with E-state index in [2.05, 4.69) is 15.1 Å². The van der Waals surface area contributed by atoms with Crippen LogP contribution in [-0.2, 0) is 4.79 Å². The van der Waals surface area contributed by atoms with Gasteiger partial charge in [0.25, 0.3) is 5.69 Å². The molecule has 0 radical (unpaired) electrons. The number of amides is 1. The number of benzene rings is 1. The molecule has 1 aliphatic carbocycles. The molecule has 1 aromatic rings. The normalized spacial score (nSPS) is 20.6. The van der Waals surface area contributed by atoms with E-state index in [-0.39, 0.29) is 22.6 Å². The first-order valence-corrected chi connectivity index (χ1v) is 9.58. The van der Waals surface area contributed by atoms with E-state index in [0.717, 1.165) is 44.7 Å². The molecule has 1 saturated carbocycles. The number of hydrogen-bond acceptors (Lipinski definition) is 5. The van der Waals surface area contributed by atoms with Gasteiger partial charge in [-0.1, -0.05) is 25.3 Å². The van der Waals surface area contributed by atoms with Crippen LogP contribution in [0.2, 0.25) is 0 Å². The highest BCUT2D eigenvalue weighted by atomic mass is 16.6. The second-order valence-corrected chi connectivity index (χ2v) is 7.32. The zero-order valence-corrected chi connectivity index (χ0v) is 15.4. The largest absolute Gasteiger partial charge is 0.369 e. The van der Waals surface area contributed by atoms with Crippen molar-refractivity contribution in [1.29, 1.82) is 0 Å². The second-order valence-electron chi connectivity index (χ2n) is 7.32. The Bertz CT molecular complexity index is 637. The molecule has 2 aliphatic rings. The Morgan fingerprint density at radius 3 is 2.54 bits per heavy atom. The Morgan fingerprint density at radius 2 is 1.88 bits per heavy atom. The lowest BCUT2D eigenvalue weighted by Gasteiger charge is -2.39. The average molecular weight is 360 g/mol. The van der Waals surface area contributed by atoms with Gasteiger partial charge in [0.1, 0.15) is 0 Å². The van der Waals surface area contributed by atoms with E-state index in [1.54, 1.807) is 12.1 Å². The van der Waals surface area contributed by atoms with Crippen molar-refractivity contribution in [1.82, 2.24) is 10.2 Å². The zero-order chi connectivity index (χ0) is 18.5. The fourth-order valence-electron chi connectivity index (χ4n) is 3.91. The summed E-state index contributed by atoms with van der Waals surface area (Å²) in [7, 11) is 0. The predicted molar refractivity (Wildman–Crippen MR) is 101 cm³/mol. The van der Waals surface area contributed by atoms with Gasteiger partial charge in [-0.3, -0.25) is 19.8 Å². The first-order chi connectivity index (χ1) is 12.5. The Kier molecular flexibility index (Phi) is 6.08. The van der Waals surface area contributed by atoms with Crippen LogP contribution in [-0.4, -0.2) is 54.0 Å². The number of carbonyl (C=O) groups is 1. The summed E-state index contributed by atoms with van der Waals surface area (Å²) in [6.45, 7) is 5.06. The standard InChI is InChI=1S/C19H28N4O3/c1-15(19(24)20-16-6-3-2-4-7-16)21-10-12-22(13-11-21)17-8-5-9-18(14-17)23(25)26/h5,8-9,14-16H,2-4,6-7,10-13H2,1H3,(H,20,24). The number of nitrogens with zero attached hydrogens (tertiary/aromatic N) is 3. The van der Waals surface area contributed by atoms with E-state index in [1.807, 2.05) is 13.0 Å². The van der Waals surface area contributed by atoms with Crippen LogP contribution >= 0.6 is 0 Å². The number of anilines is 1. The number of non-ortho nitro benzene ring substituents is 1. The van der Waals surface area contributed by atoms with Crippen LogP contribution in [0.1, 0.15) is 39.0 Å². The van der Waals surface area contributed by atoms with E-state index < -0.39 is 0 Å². The lowest BCUT2D eigenvalue weighted by molar-refractivity contribution is -0.384. The summed E-state index contributed by atoms with van der Waals surface area (Å²) >= 11 is 0. The minimum atomic E-state index is -0.364. The summed E-state index contributed by atoms with van der Waals surface area (Å²) in [5.41, 5.74) is 0.989. The van der Waals surface area contributed by atoms with Crippen molar-refractivity contribution in [2.75, 3.05) is 31.1 Å². The Labute approximate surface area is 154 Å². The summed E-state index contributed by atoms with van der Waals surface area (Å²) in [6.07, 6.45) is 5.89. The number of nitro groups is 1. The van der Waals surface area contributed by atoms with Crippen molar-refractivity contribution >= 4 is 17.3 Å². The molecule has 3 rings (SSSR count). The van der Waals surface area contributed by atoms with Crippen LogP contribution < -0.4 is 10.2 Å². The Hall–Kier alpha value is -2.15. The maximum Gasteiger partial charge on any atom is 0.271 e. The first-order valence-electron chi connectivity index (χ1n) is 9.58. The van der Waals surface area contributed by atoms with Crippen LogP contribution in [0.5, 0.6) is 0 Å². The minimum Gasteiger partial charge on any atom is -0.369 e. The third-order valence-electron chi connectivity index (χ3n) is 5.60. The van der Waals surface area contributed by atoms with Crippen LogP contribution in [0.25, 0.3) is 0 Å². The lowest BCUT2D eigenvalue weighted by atomic mass is 9.95. The van der Waals surface area contributed by atoms with E-state index in [0.29, 0.717) is 6.04 Å². The summed E-state index contributed by atoms with van der Waals surface area (Å²) in [5, 5.41) is 14.2. The van der Waals surface area contributed by atoms with E-state index in [9.17, 15) is 14.9 Å². The molecule has 2 fully saturated rings. The highest BCUT2D eigenvalue weighted by molar-refractivity contribution is 5.81. The topological polar surface area (TPSA) is 78.7 Å². The maximum absolute atomic E-state index is 12.5. The third kappa shape index (κ3) is 4.52. The highest BCUT2D eigenvalue weighted by Gasteiger charge is 2.27. The SMILES string of the molecule is CC(C(=O)NC1CCCCC1)N1CCN(c2cccc([N+](=O)[O-])c2)CC1. The van der Waals surface area contributed by atoms with Crippen molar-refractivity contribution < 1.29 is 9.72 Å². The second kappa shape index (κ2) is 8.49. The third-order valence-corrected chi connectivity index (χ3v) is 5.60. The molecule has 1 N–H and O–H groups in total. The highest BCUT2D eigenvalue weighted by Crippen LogP contribution is 2.23. The number of rotatable bonds is 5. The number of carbonyl (C=O) groups excluding carboxylic acids is 1. The summed E-state index contributed by atoms with van der Waals surface area (Å²) in [6, 6.07) is 6.96. The van der Waals surface area contributed by atoms with Crippen molar-refractivity contribution in [2.24, 2.45) is 0 Å². The van der Waals surface area contributed by atoms with Crippen LogP contribution in [0.15, 0.2) is 24.3 Å². The Balaban J connectivity index is 1.51. The van der Waals surface area contributed by atoms with Gasteiger partial charge in [-0.05, 0) is 25.8 Å². The van der Waals surface area contributed by atoms with Gasteiger partial charge in [-0.2, -0.15) is 0 Å². The van der Waals surface area contributed by atoms with E-state index in [4.69, 9.17) is 0 Å². The molecule has 1 saturated heterocycles. The molecule has 1 aromatic carbocycles. The van der Waals surface area contributed by atoms with Gasteiger partial charge in [0.2, 0.25) is 5.91 Å². The van der Waals surface area contributed by atoms with Gasteiger partial charge in [0.05, 0.1) is 11.0 Å². The van der Waals surface area contributed by atoms with Gasteiger partial charge in [0, 0.05) is 50.0 Å². The number of hydrogen-bond donors (Lipinski definition) is 1. The average Bonchev–Trinajstić information content (AvgIpc) is 2.68. The molecular formula is C19H28N4O3. The molecule has 1 unspecified atom stereocenters. The van der Waals surface area contributed by atoms with Crippen molar-refractivity contribution in [3.63, 3.8) is 0 Å². The lowest BCUT2D eigenvalue weighted by Crippen LogP contribution is -2.55. The Morgan fingerprint density at radius 1 is 1.19 bits per heavy atom. The molecule has 7 nitrogen and oxygen atoms in total. The fraction of sp³-hybridized carbons (Fsp3) is 0.632. The summed E-state index contributed by atoms with van der Waals surface area (Å²) in [5.74, 6) is 0.126. The molecule has 1 atom stereocenters. The predicted octanol–water partition coefficient (Wildman–Crippen LogP) is 2.55. The van der Waals surface area contributed by atoms with Crippen molar-refractivity contribution in [2.45, 2.75) is 51.1 Å². The maximum atomic E-state index is 12.5. The van der Waals surface area contributed by atoms with E-state index in [1.165, 1.54) is 25.3 Å². The minimum absolute atomic E-state index is 0.116. The molecular weight excluding hydrogens is 332 g/mol. The number of piperazine rings is 1. The molecule has 1 amide bonds. The van der Waals surface area contributed by atoms with Gasteiger partial charge in [-0.15, -0.1) is 0 Å². The van der Waals surface area contributed by atoms with Crippen LogP contribution in [0, 0.1) is 10.1 Å². The summed E-state index contributed by atoms with van der Waals surface area (Å²) < 4.78 is 0. The zero-order valence-electron chi connectivity index (χ0n) is 15.4. The van der Waals surface area contributed by atoms with Crippen LogP contribution in [0.3, 0.4) is 0 Å². The molecule has 1 aliphatic heterocycles. The first kappa shape index (κ1) is 18.6. The van der Waals surface area contributed by atoms with Crippen molar-refractivity contribution in [3.8, 4) is 0 Å². The quantitative estimate of drug-likeness (QED) is 0.645.